The Labute approximate surface area is 159 Å². The zero-order valence-electron chi connectivity index (χ0n) is 13.7. The number of halogens is 2. The summed E-state index contributed by atoms with van der Waals surface area (Å²) in [6, 6.07) is 14.4. The van der Waals surface area contributed by atoms with Crippen molar-refractivity contribution < 1.29 is 14.6 Å². The number of hydrazone groups is 1. The van der Waals surface area contributed by atoms with E-state index in [0.29, 0.717) is 5.56 Å². The maximum absolute atomic E-state index is 12.4. The fourth-order valence-electron chi connectivity index (χ4n) is 2.52. The number of benzene rings is 3. The first-order chi connectivity index (χ1) is 12.5. The normalized spacial score (nSPS) is 11.0. The molecule has 26 heavy (non-hydrogen) atoms. The number of phenolic OH excluding ortho intramolecular Hbond substituents is 1. The second-order valence-electron chi connectivity index (χ2n) is 5.36. The molecule has 5 nitrogen and oxygen atoms in total. The molecule has 0 fully saturated rings. The Balaban J connectivity index is 1.87. The number of methoxy groups -OCH3 is 1. The van der Waals surface area contributed by atoms with Crippen LogP contribution >= 0.6 is 23.2 Å². The minimum Gasteiger partial charge on any atom is -0.504 e. The molecular weight excluding hydrogens is 375 g/mol. The maximum Gasteiger partial charge on any atom is 0.271 e. The summed E-state index contributed by atoms with van der Waals surface area (Å²) in [5.74, 6) is -0.450. The van der Waals surface area contributed by atoms with E-state index in [4.69, 9.17) is 27.9 Å². The Morgan fingerprint density at radius 2 is 1.92 bits per heavy atom. The van der Waals surface area contributed by atoms with E-state index in [1.807, 2.05) is 30.3 Å². The standard InChI is InChI=1S/C19H14Cl2N2O3/c1-26-16-9-15(20)17(21)14(18(16)24)10-22-23-19(25)13-8-4-6-11-5-2-3-7-12(11)13/h2-10,24H,1H3,(H,23,25)/b22-10+. The summed E-state index contributed by atoms with van der Waals surface area (Å²) < 4.78 is 5.02. The van der Waals surface area contributed by atoms with Gasteiger partial charge in [0.15, 0.2) is 11.5 Å². The van der Waals surface area contributed by atoms with Gasteiger partial charge in [0, 0.05) is 11.6 Å². The highest BCUT2D eigenvalue weighted by Crippen LogP contribution is 2.39. The topological polar surface area (TPSA) is 70.9 Å². The summed E-state index contributed by atoms with van der Waals surface area (Å²) >= 11 is 12.1. The second kappa shape index (κ2) is 7.64. The van der Waals surface area contributed by atoms with Gasteiger partial charge in [0.2, 0.25) is 0 Å². The van der Waals surface area contributed by atoms with Crippen LogP contribution in [-0.2, 0) is 0 Å². The van der Waals surface area contributed by atoms with Crippen LogP contribution in [0.1, 0.15) is 15.9 Å². The Hall–Kier alpha value is -2.76. The van der Waals surface area contributed by atoms with Crippen molar-refractivity contribution in [2.45, 2.75) is 0 Å². The molecule has 0 saturated heterocycles. The van der Waals surface area contributed by atoms with Crippen LogP contribution in [0.2, 0.25) is 10.0 Å². The van der Waals surface area contributed by atoms with Crippen LogP contribution < -0.4 is 10.2 Å². The highest BCUT2D eigenvalue weighted by molar-refractivity contribution is 6.43. The number of phenols is 1. The van der Waals surface area contributed by atoms with E-state index in [2.05, 4.69) is 10.5 Å². The molecule has 0 aliphatic heterocycles. The third-order valence-electron chi connectivity index (χ3n) is 3.81. The molecule has 0 radical (unpaired) electrons. The Morgan fingerprint density at radius 3 is 2.69 bits per heavy atom. The van der Waals surface area contributed by atoms with Crippen molar-refractivity contribution in [3.8, 4) is 11.5 Å². The zero-order valence-corrected chi connectivity index (χ0v) is 15.2. The van der Waals surface area contributed by atoms with E-state index in [9.17, 15) is 9.90 Å². The van der Waals surface area contributed by atoms with Crippen molar-refractivity contribution in [1.29, 1.82) is 0 Å². The molecule has 0 atom stereocenters. The lowest BCUT2D eigenvalue weighted by Gasteiger charge is -2.09. The zero-order chi connectivity index (χ0) is 18.7. The largest absolute Gasteiger partial charge is 0.504 e. The van der Waals surface area contributed by atoms with Gasteiger partial charge in [0.25, 0.3) is 5.91 Å². The summed E-state index contributed by atoms with van der Waals surface area (Å²) in [6.45, 7) is 0. The third-order valence-corrected chi connectivity index (χ3v) is 4.61. The van der Waals surface area contributed by atoms with Crippen molar-refractivity contribution in [1.82, 2.24) is 5.43 Å². The lowest BCUT2D eigenvalue weighted by atomic mass is 10.0. The van der Waals surface area contributed by atoms with Crippen LogP contribution in [0.25, 0.3) is 10.8 Å². The molecule has 0 aromatic heterocycles. The van der Waals surface area contributed by atoms with Crippen molar-refractivity contribution in [3.05, 3.63) is 69.7 Å². The Bertz CT molecular complexity index is 1010. The molecule has 0 heterocycles. The number of nitrogens with one attached hydrogen (secondary N) is 1. The SMILES string of the molecule is COc1cc(Cl)c(Cl)c(/C=N/NC(=O)c2cccc3ccccc23)c1O. The summed E-state index contributed by atoms with van der Waals surface area (Å²) in [5, 5.41) is 16.1. The average molecular weight is 389 g/mol. The average Bonchev–Trinajstić information content (AvgIpc) is 2.66. The number of ether oxygens (including phenoxy) is 1. The molecule has 0 aliphatic rings. The van der Waals surface area contributed by atoms with Crippen molar-refractivity contribution in [2.24, 2.45) is 5.10 Å². The van der Waals surface area contributed by atoms with E-state index in [0.717, 1.165) is 10.8 Å². The van der Waals surface area contributed by atoms with Gasteiger partial charge in [-0.2, -0.15) is 5.10 Å². The molecule has 2 N–H and O–H groups in total. The number of hydrogen-bond acceptors (Lipinski definition) is 4. The first-order valence-corrected chi connectivity index (χ1v) is 8.34. The fourth-order valence-corrected chi connectivity index (χ4v) is 2.92. The van der Waals surface area contributed by atoms with Gasteiger partial charge in [0.05, 0.1) is 28.9 Å². The lowest BCUT2D eigenvalue weighted by molar-refractivity contribution is 0.0957. The van der Waals surface area contributed by atoms with Crippen molar-refractivity contribution in [3.63, 3.8) is 0 Å². The number of nitrogens with zero attached hydrogens (tertiary/aromatic N) is 1. The van der Waals surface area contributed by atoms with Gasteiger partial charge in [-0.1, -0.05) is 59.6 Å². The molecule has 0 spiro atoms. The van der Waals surface area contributed by atoms with Crippen LogP contribution in [0.15, 0.2) is 53.6 Å². The molecule has 0 aliphatic carbocycles. The highest BCUT2D eigenvalue weighted by Gasteiger charge is 2.15. The number of carbonyl (C=O) groups excluding carboxylic acids is 1. The smallest absolute Gasteiger partial charge is 0.271 e. The monoisotopic (exact) mass is 388 g/mol. The van der Waals surface area contributed by atoms with Crippen molar-refractivity contribution in [2.75, 3.05) is 7.11 Å². The van der Waals surface area contributed by atoms with Gasteiger partial charge in [0.1, 0.15) is 0 Å². The molecule has 3 aromatic rings. The molecule has 3 aromatic carbocycles. The lowest BCUT2D eigenvalue weighted by Crippen LogP contribution is -2.18. The van der Waals surface area contributed by atoms with Gasteiger partial charge in [-0.25, -0.2) is 5.43 Å². The van der Waals surface area contributed by atoms with Crippen LogP contribution in [0.4, 0.5) is 0 Å². The molecule has 0 saturated carbocycles. The van der Waals surface area contributed by atoms with E-state index >= 15 is 0 Å². The molecule has 1 amide bonds. The van der Waals surface area contributed by atoms with Crippen molar-refractivity contribution >= 4 is 46.1 Å². The minimum absolute atomic E-state index is 0.105. The maximum atomic E-state index is 12.4. The van der Waals surface area contributed by atoms with Crippen LogP contribution in [0.3, 0.4) is 0 Å². The molecule has 7 heteroatoms. The molecular formula is C19H14Cl2N2O3. The molecule has 3 rings (SSSR count). The van der Waals surface area contributed by atoms with Gasteiger partial charge >= 0.3 is 0 Å². The summed E-state index contributed by atoms with van der Waals surface area (Å²) in [6.07, 6.45) is 1.22. The van der Waals surface area contributed by atoms with Crippen LogP contribution in [-0.4, -0.2) is 24.3 Å². The number of hydrogen-bond donors (Lipinski definition) is 2. The second-order valence-corrected chi connectivity index (χ2v) is 6.15. The van der Waals surface area contributed by atoms with E-state index in [1.54, 1.807) is 12.1 Å². The summed E-state index contributed by atoms with van der Waals surface area (Å²) in [5.41, 5.74) is 3.06. The van der Waals surface area contributed by atoms with E-state index < -0.39 is 0 Å². The summed E-state index contributed by atoms with van der Waals surface area (Å²) in [4.78, 5) is 12.4. The Kier molecular flexibility index (Phi) is 5.30. The molecule has 0 bridgehead atoms. The first-order valence-electron chi connectivity index (χ1n) is 7.59. The van der Waals surface area contributed by atoms with Crippen LogP contribution in [0.5, 0.6) is 11.5 Å². The van der Waals surface area contributed by atoms with E-state index in [-0.39, 0.29) is 33.0 Å². The number of amides is 1. The highest BCUT2D eigenvalue weighted by atomic mass is 35.5. The predicted molar refractivity (Wildman–Crippen MR) is 104 cm³/mol. The first kappa shape index (κ1) is 18.0. The number of carbonyl (C=O) groups is 1. The predicted octanol–water partition coefficient (Wildman–Crippen LogP) is 4.62. The third kappa shape index (κ3) is 3.45. The van der Waals surface area contributed by atoms with E-state index in [1.165, 1.54) is 19.4 Å². The van der Waals surface area contributed by atoms with Gasteiger partial charge in [-0.3, -0.25) is 4.79 Å². The number of aromatic hydroxyl groups is 1. The van der Waals surface area contributed by atoms with Crippen LogP contribution in [0, 0.1) is 0 Å². The molecule has 0 unspecified atom stereocenters. The Morgan fingerprint density at radius 1 is 1.19 bits per heavy atom. The van der Waals surface area contributed by atoms with Gasteiger partial charge in [-0.05, 0) is 16.8 Å². The summed E-state index contributed by atoms with van der Waals surface area (Å²) in [7, 11) is 1.39. The quantitative estimate of drug-likeness (QED) is 0.505. The van der Waals surface area contributed by atoms with Gasteiger partial charge in [-0.15, -0.1) is 0 Å². The number of fused-ring (bicyclic) bond motifs is 1. The minimum atomic E-state index is -0.386. The fraction of sp³-hybridized carbons (Fsp3) is 0.0526. The molecule has 132 valence electrons. The van der Waals surface area contributed by atoms with Gasteiger partial charge < -0.3 is 9.84 Å². The number of rotatable bonds is 4.